The second kappa shape index (κ2) is 8.63. The monoisotopic (exact) mass is 397 g/mol. The van der Waals surface area contributed by atoms with E-state index in [0.717, 1.165) is 11.3 Å². The third-order valence-electron chi connectivity index (χ3n) is 4.11. The smallest absolute Gasteiger partial charge is 0.274 e. The molecule has 1 heterocycles. The highest BCUT2D eigenvalue weighted by atomic mass is 35.5. The average Bonchev–Trinajstić information content (AvgIpc) is 2.71. The number of nitrogens with one attached hydrogen (secondary N) is 2. The minimum absolute atomic E-state index is 0.264. The van der Waals surface area contributed by atoms with Crippen LogP contribution in [0.4, 0.5) is 17.1 Å². The molecule has 3 rings (SSSR count). The number of rotatable bonds is 6. The van der Waals surface area contributed by atoms with Gasteiger partial charge in [0.25, 0.3) is 5.91 Å². The first-order valence-corrected chi connectivity index (χ1v) is 8.91. The van der Waals surface area contributed by atoms with Gasteiger partial charge in [-0.15, -0.1) is 0 Å². The second-order valence-electron chi connectivity index (χ2n) is 6.01. The Morgan fingerprint density at radius 1 is 1.00 bits per heavy atom. The number of para-hydroxylation sites is 2. The zero-order valence-electron chi connectivity index (χ0n) is 15.7. The predicted molar refractivity (Wildman–Crippen MR) is 111 cm³/mol. The van der Waals surface area contributed by atoms with Crippen LogP contribution in [0.3, 0.4) is 0 Å². The highest BCUT2D eigenvalue weighted by molar-refractivity contribution is 6.31. The summed E-state index contributed by atoms with van der Waals surface area (Å²) in [6, 6.07) is 14.2. The van der Waals surface area contributed by atoms with Crippen LogP contribution in [0.1, 0.15) is 16.1 Å². The number of nitrogens with zero attached hydrogens (tertiary/aromatic N) is 1. The zero-order valence-corrected chi connectivity index (χ0v) is 16.5. The topological polar surface area (TPSA) is 72.5 Å². The molecule has 0 radical (unpaired) electrons. The molecular formula is C21H20ClN3O3. The number of ether oxygens (including phenoxy) is 2. The van der Waals surface area contributed by atoms with E-state index in [9.17, 15) is 4.79 Å². The van der Waals surface area contributed by atoms with Crippen LogP contribution >= 0.6 is 11.6 Å². The average molecular weight is 398 g/mol. The van der Waals surface area contributed by atoms with Crippen molar-refractivity contribution in [2.24, 2.45) is 0 Å². The van der Waals surface area contributed by atoms with Gasteiger partial charge in [0, 0.05) is 23.0 Å². The molecule has 3 aromatic rings. The van der Waals surface area contributed by atoms with Gasteiger partial charge in [0.05, 0.1) is 25.6 Å². The normalized spacial score (nSPS) is 10.3. The first-order valence-electron chi connectivity index (χ1n) is 8.53. The number of benzene rings is 2. The van der Waals surface area contributed by atoms with Crippen molar-refractivity contribution in [3.8, 4) is 11.5 Å². The lowest BCUT2D eigenvalue weighted by atomic mass is 10.2. The van der Waals surface area contributed by atoms with Crippen molar-refractivity contribution in [2.45, 2.75) is 6.92 Å². The number of aryl methyl sites for hydroxylation is 1. The molecule has 2 aromatic carbocycles. The molecule has 7 heteroatoms. The van der Waals surface area contributed by atoms with Gasteiger partial charge in [-0.1, -0.05) is 23.7 Å². The molecule has 28 heavy (non-hydrogen) atoms. The van der Waals surface area contributed by atoms with Crippen LogP contribution < -0.4 is 20.1 Å². The van der Waals surface area contributed by atoms with Crippen LogP contribution in [0, 0.1) is 6.92 Å². The first-order chi connectivity index (χ1) is 13.5. The van der Waals surface area contributed by atoms with Crippen LogP contribution in [0.5, 0.6) is 11.5 Å². The molecule has 0 atom stereocenters. The van der Waals surface area contributed by atoms with E-state index in [1.54, 1.807) is 50.7 Å². The summed E-state index contributed by atoms with van der Waals surface area (Å²) in [4.78, 5) is 16.8. The molecule has 0 aliphatic heterocycles. The van der Waals surface area contributed by atoms with Crippen LogP contribution in [0.15, 0.2) is 54.7 Å². The van der Waals surface area contributed by atoms with Gasteiger partial charge in [0.15, 0.2) is 0 Å². The van der Waals surface area contributed by atoms with E-state index >= 15 is 0 Å². The maximum absolute atomic E-state index is 12.6. The van der Waals surface area contributed by atoms with Crippen LogP contribution in [0.25, 0.3) is 0 Å². The Balaban J connectivity index is 1.83. The molecule has 0 aliphatic carbocycles. The summed E-state index contributed by atoms with van der Waals surface area (Å²) >= 11 is 6.16. The van der Waals surface area contributed by atoms with E-state index in [1.807, 2.05) is 25.1 Å². The Kier molecular flexibility index (Phi) is 6.01. The number of amides is 1. The van der Waals surface area contributed by atoms with E-state index in [0.29, 0.717) is 27.9 Å². The molecule has 0 aliphatic rings. The number of carbonyl (C=O) groups excluding carboxylic acids is 1. The third kappa shape index (κ3) is 4.35. The van der Waals surface area contributed by atoms with E-state index in [-0.39, 0.29) is 11.6 Å². The Morgan fingerprint density at radius 3 is 2.50 bits per heavy atom. The standard InChI is InChI=1S/C21H20ClN3O3/c1-13-10-17(20(28-3)12-15(13)22)24-14-8-9-23-18(11-14)21(26)25-16-6-4-5-7-19(16)27-2/h4-12H,1-3H3,(H,23,24)(H,25,26). The molecule has 0 unspecified atom stereocenters. The second-order valence-corrected chi connectivity index (χ2v) is 6.42. The fourth-order valence-corrected chi connectivity index (χ4v) is 2.81. The highest BCUT2D eigenvalue weighted by Gasteiger charge is 2.13. The molecule has 1 aromatic heterocycles. The first kappa shape index (κ1) is 19.5. The lowest BCUT2D eigenvalue weighted by Gasteiger charge is -2.14. The van der Waals surface area contributed by atoms with Gasteiger partial charge >= 0.3 is 0 Å². The number of anilines is 3. The van der Waals surface area contributed by atoms with Crippen LogP contribution in [-0.2, 0) is 0 Å². The fraction of sp³-hybridized carbons (Fsp3) is 0.143. The Labute approximate surface area is 168 Å². The van der Waals surface area contributed by atoms with Gasteiger partial charge in [0.2, 0.25) is 0 Å². The summed E-state index contributed by atoms with van der Waals surface area (Å²) in [5, 5.41) is 6.68. The molecule has 0 saturated heterocycles. The minimum Gasteiger partial charge on any atom is -0.495 e. The summed E-state index contributed by atoms with van der Waals surface area (Å²) in [7, 11) is 3.13. The number of pyridine rings is 1. The van der Waals surface area contributed by atoms with Crippen molar-refractivity contribution < 1.29 is 14.3 Å². The molecule has 144 valence electrons. The zero-order chi connectivity index (χ0) is 20.1. The number of carbonyl (C=O) groups is 1. The van der Waals surface area contributed by atoms with Gasteiger partial charge in [-0.05, 0) is 42.8 Å². The molecule has 1 amide bonds. The van der Waals surface area contributed by atoms with Crippen molar-refractivity contribution in [2.75, 3.05) is 24.9 Å². The van der Waals surface area contributed by atoms with E-state index in [4.69, 9.17) is 21.1 Å². The SMILES string of the molecule is COc1ccccc1NC(=O)c1cc(Nc2cc(C)c(Cl)cc2OC)ccn1. The summed E-state index contributed by atoms with van der Waals surface area (Å²) in [5.41, 5.74) is 3.19. The summed E-state index contributed by atoms with van der Waals surface area (Å²) in [6.07, 6.45) is 1.56. The summed E-state index contributed by atoms with van der Waals surface area (Å²) < 4.78 is 10.6. The molecular weight excluding hydrogens is 378 g/mol. The van der Waals surface area contributed by atoms with Gasteiger partial charge in [-0.3, -0.25) is 9.78 Å². The molecule has 0 saturated carbocycles. The number of hydrogen-bond acceptors (Lipinski definition) is 5. The van der Waals surface area contributed by atoms with Crippen molar-refractivity contribution >= 4 is 34.6 Å². The summed E-state index contributed by atoms with van der Waals surface area (Å²) in [5.74, 6) is 0.839. The predicted octanol–water partition coefficient (Wildman–Crippen LogP) is 5.06. The highest BCUT2D eigenvalue weighted by Crippen LogP contribution is 2.33. The molecule has 0 fully saturated rings. The lowest BCUT2D eigenvalue weighted by Crippen LogP contribution is -2.14. The Bertz CT molecular complexity index is 1010. The summed E-state index contributed by atoms with van der Waals surface area (Å²) in [6.45, 7) is 1.91. The van der Waals surface area contributed by atoms with E-state index in [2.05, 4.69) is 15.6 Å². The molecule has 6 nitrogen and oxygen atoms in total. The van der Waals surface area contributed by atoms with Crippen molar-refractivity contribution in [3.63, 3.8) is 0 Å². The molecule has 0 spiro atoms. The van der Waals surface area contributed by atoms with Gasteiger partial charge < -0.3 is 20.1 Å². The Morgan fingerprint density at radius 2 is 1.75 bits per heavy atom. The fourth-order valence-electron chi connectivity index (χ4n) is 2.65. The van der Waals surface area contributed by atoms with Gasteiger partial charge in [0.1, 0.15) is 17.2 Å². The largest absolute Gasteiger partial charge is 0.495 e. The Hall–Kier alpha value is -3.25. The van der Waals surface area contributed by atoms with Crippen molar-refractivity contribution in [1.29, 1.82) is 0 Å². The molecule has 0 bridgehead atoms. The maximum atomic E-state index is 12.6. The van der Waals surface area contributed by atoms with E-state index < -0.39 is 0 Å². The number of methoxy groups -OCH3 is 2. The van der Waals surface area contributed by atoms with Gasteiger partial charge in [-0.25, -0.2) is 0 Å². The third-order valence-corrected chi connectivity index (χ3v) is 4.51. The lowest BCUT2D eigenvalue weighted by molar-refractivity contribution is 0.102. The van der Waals surface area contributed by atoms with Crippen molar-refractivity contribution in [1.82, 2.24) is 4.98 Å². The number of hydrogen-bond donors (Lipinski definition) is 2. The van der Waals surface area contributed by atoms with Crippen molar-refractivity contribution in [3.05, 3.63) is 71.0 Å². The quantitative estimate of drug-likeness (QED) is 0.608. The number of halogens is 1. The maximum Gasteiger partial charge on any atom is 0.274 e. The van der Waals surface area contributed by atoms with Crippen LogP contribution in [-0.4, -0.2) is 25.1 Å². The molecule has 2 N–H and O–H groups in total. The van der Waals surface area contributed by atoms with Gasteiger partial charge in [-0.2, -0.15) is 0 Å². The van der Waals surface area contributed by atoms with E-state index in [1.165, 1.54) is 0 Å². The number of aromatic nitrogens is 1. The minimum atomic E-state index is -0.340. The van der Waals surface area contributed by atoms with Crippen LogP contribution in [0.2, 0.25) is 5.02 Å².